The van der Waals surface area contributed by atoms with E-state index in [4.69, 9.17) is 23.7 Å². The predicted octanol–water partition coefficient (Wildman–Crippen LogP) is -0.0809. The third-order valence-corrected chi connectivity index (χ3v) is 4.11. The second-order valence-electron chi connectivity index (χ2n) is 4.86. The highest BCUT2D eigenvalue weighted by molar-refractivity contribution is 7.80. The van der Waals surface area contributed by atoms with Crippen LogP contribution in [0.1, 0.15) is 32.1 Å². The highest BCUT2D eigenvalue weighted by atomic mass is 32.1. The first-order chi connectivity index (χ1) is 7.99. The molecule has 17 heavy (non-hydrogen) atoms. The molecule has 0 aromatic carbocycles. The van der Waals surface area contributed by atoms with Crippen LogP contribution in [0, 0.1) is 5.41 Å². The molecule has 1 saturated carbocycles. The molecule has 6 heteroatoms. The zero-order chi connectivity index (χ0) is 12.6. The maximum Gasteiger partial charge on any atom is 0.240 e. The molecule has 0 aromatic heterocycles. The van der Waals surface area contributed by atoms with Gasteiger partial charge >= 0.3 is 0 Å². The minimum atomic E-state index is -0.680. The zero-order valence-electron chi connectivity index (χ0n) is 9.65. The number of nitrogens with two attached hydrogens (primary N) is 2. The summed E-state index contributed by atoms with van der Waals surface area (Å²) in [7, 11) is 0. The van der Waals surface area contributed by atoms with E-state index in [0.29, 0.717) is 25.8 Å². The Kier molecular flexibility index (Phi) is 3.07. The lowest BCUT2D eigenvalue weighted by Crippen LogP contribution is -2.54. The van der Waals surface area contributed by atoms with Crippen LogP contribution in [0.15, 0.2) is 0 Å². The number of likely N-dealkylation sites (tertiary alicyclic amines) is 1. The van der Waals surface area contributed by atoms with Gasteiger partial charge in [-0.3, -0.25) is 9.59 Å². The highest BCUT2D eigenvalue weighted by Gasteiger charge is 2.55. The lowest BCUT2D eigenvalue weighted by molar-refractivity contribution is -0.143. The minimum absolute atomic E-state index is 0.103. The van der Waals surface area contributed by atoms with Crippen molar-refractivity contribution < 1.29 is 9.59 Å². The Morgan fingerprint density at radius 1 is 1.24 bits per heavy atom. The van der Waals surface area contributed by atoms with Gasteiger partial charge in [0.05, 0.1) is 10.4 Å². The Labute approximate surface area is 105 Å². The van der Waals surface area contributed by atoms with Gasteiger partial charge in [0.25, 0.3) is 0 Å². The minimum Gasteiger partial charge on any atom is -0.392 e. The van der Waals surface area contributed by atoms with Gasteiger partial charge in [-0.05, 0) is 32.1 Å². The molecular weight excluding hydrogens is 238 g/mol. The summed E-state index contributed by atoms with van der Waals surface area (Å²) in [4.78, 5) is 25.6. The molecule has 4 N–H and O–H groups in total. The van der Waals surface area contributed by atoms with Gasteiger partial charge in [0.1, 0.15) is 6.04 Å². The second-order valence-corrected chi connectivity index (χ2v) is 5.30. The van der Waals surface area contributed by atoms with Gasteiger partial charge in [0.15, 0.2) is 0 Å². The molecule has 2 rings (SSSR count). The predicted molar refractivity (Wildman–Crippen MR) is 67.0 cm³/mol. The maximum absolute atomic E-state index is 12.4. The van der Waals surface area contributed by atoms with Crippen molar-refractivity contribution in [1.82, 2.24) is 4.90 Å². The fourth-order valence-electron chi connectivity index (χ4n) is 2.44. The number of nitrogens with zero attached hydrogens (tertiary/aromatic N) is 1. The normalized spacial score (nSPS) is 26.4. The number of thiocarbonyl (C=S) groups is 1. The van der Waals surface area contributed by atoms with E-state index < -0.39 is 17.4 Å². The molecule has 2 amide bonds. The van der Waals surface area contributed by atoms with Crippen LogP contribution in [0.2, 0.25) is 0 Å². The van der Waals surface area contributed by atoms with Crippen molar-refractivity contribution in [3.8, 4) is 0 Å². The van der Waals surface area contributed by atoms with E-state index in [1.54, 1.807) is 4.90 Å². The van der Waals surface area contributed by atoms with Crippen molar-refractivity contribution in [2.75, 3.05) is 6.54 Å². The Morgan fingerprint density at radius 3 is 2.35 bits per heavy atom. The van der Waals surface area contributed by atoms with E-state index in [9.17, 15) is 9.59 Å². The lowest BCUT2D eigenvalue weighted by atomic mass is 9.97. The number of rotatable bonds is 3. The van der Waals surface area contributed by atoms with Gasteiger partial charge in [-0.25, -0.2) is 0 Å². The summed E-state index contributed by atoms with van der Waals surface area (Å²) >= 11 is 4.96. The number of hydrogen-bond acceptors (Lipinski definition) is 3. The van der Waals surface area contributed by atoms with Crippen LogP contribution >= 0.6 is 12.2 Å². The van der Waals surface area contributed by atoms with Gasteiger partial charge in [0, 0.05) is 6.54 Å². The van der Waals surface area contributed by atoms with E-state index in [-0.39, 0.29) is 10.9 Å². The van der Waals surface area contributed by atoms with Crippen molar-refractivity contribution in [2.24, 2.45) is 16.9 Å². The summed E-state index contributed by atoms with van der Waals surface area (Å²) in [6.07, 6.45) is 3.88. The van der Waals surface area contributed by atoms with Crippen molar-refractivity contribution in [1.29, 1.82) is 0 Å². The van der Waals surface area contributed by atoms with Crippen molar-refractivity contribution >= 4 is 29.0 Å². The molecule has 1 aliphatic carbocycles. The smallest absolute Gasteiger partial charge is 0.240 e. The topological polar surface area (TPSA) is 89.4 Å². The van der Waals surface area contributed by atoms with E-state index in [1.165, 1.54) is 0 Å². The van der Waals surface area contributed by atoms with E-state index in [0.717, 1.165) is 12.8 Å². The van der Waals surface area contributed by atoms with Gasteiger partial charge in [-0.2, -0.15) is 0 Å². The van der Waals surface area contributed by atoms with E-state index in [2.05, 4.69) is 0 Å². The molecule has 0 radical (unpaired) electrons. The molecule has 0 bridgehead atoms. The monoisotopic (exact) mass is 255 g/mol. The molecule has 2 fully saturated rings. The molecule has 1 heterocycles. The summed E-state index contributed by atoms with van der Waals surface area (Å²) in [5, 5.41) is 0. The average Bonchev–Trinajstić information content (AvgIpc) is 3.09. The van der Waals surface area contributed by atoms with Crippen LogP contribution in [-0.2, 0) is 9.59 Å². The molecule has 1 atom stereocenters. The third kappa shape index (κ3) is 2.01. The van der Waals surface area contributed by atoms with Gasteiger partial charge < -0.3 is 16.4 Å². The van der Waals surface area contributed by atoms with Crippen LogP contribution in [0.25, 0.3) is 0 Å². The fourth-order valence-corrected chi connectivity index (χ4v) is 2.73. The van der Waals surface area contributed by atoms with Gasteiger partial charge in [-0.15, -0.1) is 0 Å². The molecule has 1 aliphatic heterocycles. The molecule has 5 nitrogen and oxygen atoms in total. The SMILES string of the molecule is NC(=O)C1CCCCN1C(=O)C1(C(N)=S)CC1. The molecule has 2 aliphatic rings. The lowest BCUT2D eigenvalue weighted by Gasteiger charge is -2.36. The van der Waals surface area contributed by atoms with E-state index in [1.807, 2.05) is 0 Å². The Balaban J connectivity index is 2.17. The summed E-state index contributed by atoms with van der Waals surface area (Å²) in [6.45, 7) is 0.580. The largest absolute Gasteiger partial charge is 0.392 e. The highest BCUT2D eigenvalue weighted by Crippen LogP contribution is 2.48. The first-order valence-corrected chi connectivity index (χ1v) is 6.30. The molecule has 94 valence electrons. The first kappa shape index (κ1) is 12.3. The summed E-state index contributed by atoms with van der Waals surface area (Å²) in [6, 6.07) is -0.483. The zero-order valence-corrected chi connectivity index (χ0v) is 10.5. The molecule has 1 saturated heterocycles. The third-order valence-electron chi connectivity index (χ3n) is 3.72. The number of piperidine rings is 1. The van der Waals surface area contributed by atoms with Crippen molar-refractivity contribution in [3.05, 3.63) is 0 Å². The summed E-state index contributed by atoms with van der Waals surface area (Å²) < 4.78 is 0. The van der Waals surface area contributed by atoms with Crippen LogP contribution < -0.4 is 11.5 Å². The van der Waals surface area contributed by atoms with Crippen molar-refractivity contribution in [2.45, 2.75) is 38.1 Å². The second kappa shape index (κ2) is 4.25. The number of hydrogen-bond donors (Lipinski definition) is 2. The molecule has 1 unspecified atom stereocenters. The molecule has 0 aromatic rings. The molecule has 0 spiro atoms. The summed E-state index contributed by atoms with van der Waals surface area (Å²) in [5.74, 6) is -0.537. The number of carbonyl (C=O) groups excluding carboxylic acids is 2. The van der Waals surface area contributed by atoms with Crippen LogP contribution in [0.3, 0.4) is 0 Å². The first-order valence-electron chi connectivity index (χ1n) is 5.89. The van der Waals surface area contributed by atoms with E-state index >= 15 is 0 Å². The maximum atomic E-state index is 12.4. The summed E-state index contributed by atoms with van der Waals surface area (Å²) in [5.41, 5.74) is 10.3. The molecular formula is C11H17N3O2S. The standard InChI is InChI=1S/C11H17N3O2S/c12-8(15)7-3-1-2-6-14(7)10(16)11(4-5-11)9(13)17/h7H,1-6H2,(H2,12,15)(H2,13,17). The van der Waals surface area contributed by atoms with Gasteiger partial charge in [0.2, 0.25) is 11.8 Å². The van der Waals surface area contributed by atoms with Gasteiger partial charge in [-0.1, -0.05) is 12.2 Å². The van der Waals surface area contributed by atoms with Crippen LogP contribution in [-0.4, -0.2) is 34.3 Å². The average molecular weight is 255 g/mol. The van der Waals surface area contributed by atoms with Crippen molar-refractivity contribution in [3.63, 3.8) is 0 Å². The fraction of sp³-hybridized carbons (Fsp3) is 0.727. The van der Waals surface area contributed by atoms with Crippen LogP contribution in [0.5, 0.6) is 0 Å². The number of primary amides is 1. The number of amides is 2. The quantitative estimate of drug-likeness (QED) is 0.690. The Morgan fingerprint density at radius 2 is 1.88 bits per heavy atom. The Hall–Kier alpha value is -1.17. The van der Waals surface area contributed by atoms with Crippen LogP contribution in [0.4, 0.5) is 0 Å². The Bertz CT molecular complexity index is 379. The number of carbonyl (C=O) groups is 2.